The van der Waals surface area contributed by atoms with Crippen LogP contribution < -0.4 is 5.56 Å². The molecule has 0 atom stereocenters. The van der Waals surface area contributed by atoms with Crippen molar-refractivity contribution in [3.05, 3.63) is 46.3 Å². The highest BCUT2D eigenvalue weighted by Crippen LogP contribution is 2.09. The van der Waals surface area contributed by atoms with Crippen molar-refractivity contribution < 1.29 is 9.53 Å². The van der Waals surface area contributed by atoms with E-state index in [0.717, 1.165) is 12.8 Å². The number of rotatable bonds is 8. The van der Waals surface area contributed by atoms with Gasteiger partial charge < -0.3 is 4.74 Å². The molecule has 0 unspecified atom stereocenters. The molecule has 0 N–H and O–H groups in total. The van der Waals surface area contributed by atoms with Crippen molar-refractivity contribution in [1.82, 2.24) is 29.8 Å². The Labute approximate surface area is 156 Å². The lowest BCUT2D eigenvalue weighted by atomic mass is 10.2. The Kier molecular flexibility index (Phi) is 5.90. The molecule has 27 heavy (non-hydrogen) atoms. The molecule has 0 aliphatic rings. The molecule has 3 rings (SSSR count). The van der Waals surface area contributed by atoms with Crippen LogP contribution in [0.2, 0.25) is 0 Å². The zero-order valence-corrected chi connectivity index (χ0v) is 15.5. The lowest BCUT2D eigenvalue weighted by Gasteiger charge is -2.09. The van der Waals surface area contributed by atoms with Crippen LogP contribution >= 0.6 is 0 Å². The van der Waals surface area contributed by atoms with Crippen LogP contribution in [0.3, 0.4) is 0 Å². The summed E-state index contributed by atoms with van der Waals surface area (Å²) in [5.41, 5.74) is 0.498. The Bertz CT molecular complexity index is 994. The van der Waals surface area contributed by atoms with Gasteiger partial charge >= 0.3 is 5.97 Å². The van der Waals surface area contributed by atoms with E-state index in [0.29, 0.717) is 35.5 Å². The quantitative estimate of drug-likeness (QED) is 0.552. The summed E-state index contributed by atoms with van der Waals surface area (Å²) < 4.78 is 8.39. The molecule has 0 saturated heterocycles. The normalized spacial score (nSPS) is 11.0. The van der Waals surface area contributed by atoms with E-state index in [-0.39, 0.29) is 24.6 Å². The van der Waals surface area contributed by atoms with Crippen molar-refractivity contribution >= 4 is 16.9 Å². The fourth-order valence-electron chi connectivity index (χ4n) is 2.73. The summed E-state index contributed by atoms with van der Waals surface area (Å²) in [4.78, 5) is 28.9. The van der Waals surface area contributed by atoms with E-state index in [1.165, 1.54) is 4.57 Å². The van der Waals surface area contributed by atoms with Crippen molar-refractivity contribution in [2.24, 2.45) is 7.05 Å². The lowest BCUT2D eigenvalue weighted by Crippen LogP contribution is -2.23. The maximum atomic E-state index is 12.4. The highest BCUT2D eigenvalue weighted by Gasteiger charge is 2.13. The molecule has 9 nitrogen and oxygen atoms in total. The average Bonchev–Trinajstić information content (AvgIpc) is 3.13. The largest absolute Gasteiger partial charge is 0.457 e. The van der Waals surface area contributed by atoms with E-state index in [2.05, 4.69) is 27.4 Å². The van der Waals surface area contributed by atoms with Crippen molar-refractivity contribution in [1.29, 1.82) is 0 Å². The maximum Gasteiger partial charge on any atom is 0.306 e. The van der Waals surface area contributed by atoms with Gasteiger partial charge in [0.25, 0.3) is 5.56 Å². The molecule has 2 heterocycles. The minimum absolute atomic E-state index is 0.0274. The first-order valence-corrected chi connectivity index (χ1v) is 8.95. The first kappa shape index (κ1) is 18.7. The topological polar surface area (TPSA) is 105 Å². The number of hydrogen-bond donors (Lipinski definition) is 0. The Morgan fingerprint density at radius 2 is 2.04 bits per heavy atom. The van der Waals surface area contributed by atoms with Crippen LogP contribution in [0, 0.1) is 0 Å². The van der Waals surface area contributed by atoms with E-state index in [9.17, 15) is 9.59 Å². The van der Waals surface area contributed by atoms with Gasteiger partial charge in [-0.05, 0) is 29.0 Å². The zero-order chi connectivity index (χ0) is 19.2. The number of aromatic nitrogens is 6. The van der Waals surface area contributed by atoms with Crippen LogP contribution in [0.5, 0.6) is 0 Å². The van der Waals surface area contributed by atoms with E-state index in [4.69, 9.17) is 4.74 Å². The molecule has 0 fully saturated rings. The van der Waals surface area contributed by atoms with Gasteiger partial charge in [0.05, 0.1) is 17.3 Å². The molecule has 0 aliphatic carbocycles. The molecule has 142 valence electrons. The molecule has 2 aromatic heterocycles. The summed E-state index contributed by atoms with van der Waals surface area (Å²) in [7, 11) is 1.66. The molecule has 9 heteroatoms. The maximum absolute atomic E-state index is 12.4. The Hall–Kier alpha value is -3.10. The number of carbonyl (C=O) groups excluding carboxylic acids is 1. The number of tetrazole rings is 1. The molecule has 0 saturated carbocycles. The van der Waals surface area contributed by atoms with E-state index < -0.39 is 0 Å². The summed E-state index contributed by atoms with van der Waals surface area (Å²) in [6.45, 7) is 2.80. The first-order chi connectivity index (χ1) is 13.1. The van der Waals surface area contributed by atoms with Gasteiger partial charge in [-0.25, -0.2) is 9.67 Å². The molecular formula is C18H22N6O3. The Morgan fingerprint density at radius 3 is 2.85 bits per heavy atom. The molecule has 3 aromatic rings. The number of ether oxygens (including phenoxy) is 1. The van der Waals surface area contributed by atoms with Crippen LogP contribution in [0.15, 0.2) is 29.1 Å². The molecule has 1 aromatic carbocycles. The van der Waals surface area contributed by atoms with Gasteiger partial charge in [-0.1, -0.05) is 25.5 Å². The van der Waals surface area contributed by atoms with Crippen molar-refractivity contribution in [2.75, 3.05) is 0 Å². The van der Waals surface area contributed by atoms with Gasteiger partial charge in [-0.3, -0.25) is 14.2 Å². The predicted molar refractivity (Wildman–Crippen MR) is 97.8 cm³/mol. The lowest BCUT2D eigenvalue weighted by molar-refractivity contribution is -0.145. The van der Waals surface area contributed by atoms with Gasteiger partial charge in [0.15, 0.2) is 12.4 Å². The number of carbonyl (C=O) groups is 1. The number of nitrogens with zero attached hydrogens (tertiary/aromatic N) is 6. The Morgan fingerprint density at radius 1 is 1.22 bits per heavy atom. The van der Waals surface area contributed by atoms with Crippen LogP contribution in [-0.2, 0) is 36.2 Å². The smallest absolute Gasteiger partial charge is 0.306 e. The summed E-state index contributed by atoms with van der Waals surface area (Å²) in [5, 5.41) is 12.0. The standard InChI is InChI=1S/C18H22N6O3/c1-3-4-11-24-16(20-21-22-24)12-27-17(25)10-9-15-19-14-8-6-5-7-13(14)18(26)23(15)2/h5-8H,3-4,9-12H2,1-2H3. The minimum Gasteiger partial charge on any atom is -0.457 e. The van der Waals surface area contributed by atoms with Crippen molar-refractivity contribution in [3.63, 3.8) is 0 Å². The number of hydrogen-bond acceptors (Lipinski definition) is 7. The average molecular weight is 370 g/mol. The summed E-state index contributed by atoms with van der Waals surface area (Å²) >= 11 is 0. The predicted octanol–water partition coefficient (Wildman–Crippen LogP) is 1.40. The molecule has 0 aliphatic heterocycles. The summed E-state index contributed by atoms with van der Waals surface area (Å²) in [6.07, 6.45) is 2.41. The van der Waals surface area contributed by atoms with Gasteiger partial charge in [0.1, 0.15) is 5.82 Å². The minimum atomic E-state index is -0.387. The summed E-state index contributed by atoms with van der Waals surface area (Å²) in [5.74, 6) is 0.680. The van der Waals surface area contributed by atoms with E-state index in [1.807, 2.05) is 6.07 Å². The Balaban J connectivity index is 1.60. The van der Waals surface area contributed by atoms with Crippen LogP contribution in [-0.4, -0.2) is 35.7 Å². The van der Waals surface area contributed by atoms with Gasteiger partial charge in [0, 0.05) is 20.0 Å². The second-order valence-electron chi connectivity index (χ2n) is 6.24. The van der Waals surface area contributed by atoms with Crippen molar-refractivity contribution in [3.8, 4) is 0 Å². The highest BCUT2D eigenvalue weighted by atomic mass is 16.5. The molecule has 0 radical (unpaired) electrons. The number of esters is 1. The third-order valence-corrected chi connectivity index (χ3v) is 4.32. The number of para-hydroxylation sites is 1. The second-order valence-corrected chi connectivity index (χ2v) is 6.24. The van der Waals surface area contributed by atoms with Gasteiger partial charge in [0.2, 0.25) is 0 Å². The monoisotopic (exact) mass is 370 g/mol. The number of fused-ring (bicyclic) bond motifs is 1. The highest BCUT2D eigenvalue weighted by molar-refractivity contribution is 5.77. The first-order valence-electron chi connectivity index (χ1n) is 8.95. The van der Waals surface area contributed by atoms with Crippen LogP contribution in [0.25, 0.3) is 10.9 Å². The number of benzene rings is 1. The zero-order valence-electron chi connectivity index (χ0n) is 15.5. The SMILES string of the molecule is CCCCn1nnnc1COC(=O)CCc1nc2ccccc2c(=O)n1C. The fraction of sp³-hybridized carbons (Fsp3) is 0.444. The molecular weight excluding hydrogens is 348 g/mol. The number of aryl methyl sites for hydroxylation is 2. The van der Waals surface area contributed by atoms with Gasteiger partial charge in [-0.15, -0.1) is 5.10 Å². The third kappa shape index (κ3) is 4.36. The van der Waals surface area contributed by atoms with Crippen LogP contribution in [0.1, 0.15) is 37.8 Å². The van der Waals surface area contributed by atoms with Crippen molar-refractivity contribution in [2.45, 2.75) is 45.8 Å². The summed E-state index contributed by atoms with van der Waals surface area (Å²) in [6, 6.07) is 7.16. The molecule has 0 spiro atoms. The van der Waals surface area contributed by atoms with Crippen LogP contribution in [0.4, 0.5) is 0 Å². The van der Waals surface area contributed by atoms with E-state index in [1.54, 1.807) is 29.9 Å². The van der Waals surface area contributed by atoms with E-state index >= 15 is 0 Å². The second kappa shape index (κ2) is 8.52. The molecule has 0 amide bonds. The third-order valence-electron chi connectivity index (χ3n) is 4.32. The molecule has 0 bridgehead atoms. The number of unbranched alkanes of at least 4 members (excludes halogenated alkanes) is 1. The van der Waals surface area contributed by atoms with Gasteiger partial charge in [-0.2, -0.15) is 0 Å². The fourth-order valence-corrected chi connectivity index (χ4v) is 2.73.